The Labute approximate surface area is 141 Å². The van der Waals surface area contributed by atoms with Gasteiger partial charge >= 0.3 is 0 Å². The summed E-state index contributed by atoms with van der Waals surface area (Å²) < 4.78 is 0. The van der Waals surface area contributed by atoms with E-state index in [9.17, 15) is 4.79 Å². The van der Waals surface area contributed by atoms with Crippen LogP contribution in [0.25, 0.3) is 0 Å². The first-order chi connectivity index (χ1) is 11.8. The highest BCUT2D eigenvalue weighted by atomic mass is 16.2. The molecule has 1 fully saturated rings. The van der Waals surface area contributed by atoms with E-state index in [4.69, 9.17) is 5.26 Å². The van der Waals surface area contributed by atoms with Gasteiger partial charge in [-0.25, -0.2) is 0 Å². The number of hydrogen-bond acceptors (Lipinski definition) is 3. The molecule has 24 heavy (non-hydrogen) atoms. The smallest absolute Gasteiger partial charge is 0.249 e. The summed E-state index contributed by atoms with van der Waals surface area (Å²) in [6.07, 6.45) is 3.03. The van der Waals surface area contributed by atoms with E-state index in [1.165, 1.54) is 11.3 Å². The quantitative estimate of drug-likeness (QED) is 0.855. The summed E-state index contributed by atoms with van der Waals surface area (Å²) in [5.41, 5.74) is 4.05. The zero-order valence-corrected chi connectivity index (χ0v) is 13.5. The van der Waals surface area contributed by atoms with Crippen LogP contribution < -0.4 is 9.80 Å². The summed E-state index contributed by atoms with van der Waals surface area (Å²) in [6, 6.07) is 17.7. The van der Waals surface area contributed by atoms with Crippen LogP contribution in [0.2, 0.25) is 0 Å². The average Bonchev–Trinajstić information content (AvgIpc) is 3.02. The van der Waals surface area contributed by atoms with Gasteiger partial charge in [0, 0.05) is 24.5 Å². The first kappa shape index (κ1) is 14.8. The number of rotatable bonds is 2. The van der Waals surface area contributed by atoms with Gasteiger partial charge in [0.25, 0.3) is 0 Å². The normalized spacial score (nSPS) is 20.0. The van der Waals surface area contributed by atoms with Crippen molar-refractivity contribution in [2.45, 2.75) is 25.3 Å². The lowest BCUT2D eigenvalue weighted by molar-refractivity contribution is -0.118. The molecule has 0 radical (unpaired) electrons. The largest absolute Gasteiger partial charge is 0.359 e. The van der Waals surface area contributed by atoms with Gasteiger partial charge in [0.1, 0.15) is 6.04 Å². The van der Waals surface area contributed by atoms with E-state index in [0.29, 0.717) is 5.56 Å². The van der Waals surface area contributed by atoms with Crippen molar-refractivity contribution >= 4 is 17.3 Å². The molecule has 4 rings (SSSR count). The fourth-order valence-electron chi connectivity index (χ4n) is 3.81. The number of nitrogens with zero attached hydrogens (tertiary/aromatic N) is 3. The summed E-state index contributed by atoms with van der Waals surface area (Å²) in [5, 5.41) is 8.91. The van der Waals surface area contributed by atoms with Gasteiger partial charge in [-0.1, -0.05) is 18.2 Å². The molecule has 0 N–H and O–H groups in total. The second kappa shape index (κ2) is 6.01. The maximum absolute atomic E-state index is 13.0. The fraction of sp³-hybridized carbons (Fsp3) is 0.300. The fourth-order valence-corrected chi connectivity index (χ4v) is 3.81. The molecule has 1 amide bonds. The van der Waals surface area contributed by atoms with Gasteiger partial charge in [-0.2, -0.15) is 5.26 Å². The molecule has 2 aliphatic heterocycles. The van der Waals surface area contributed by atoms with Crippen LogP contribution in [-0.2, 0) is 11.2 Å². The predicted octanol–water partition coefficient (Wildman–Crippen LogP) is 3.12. The molecule has 1 saturated heterocycles. The van der Waals surface area contributed by atoms with Crippen LogP contribution in [0.5, 0.6) is 0 Å². The molecule has 0 bridgehead atoms. The maximum Gasteiger partial charge on any atom is 0.249 e. The van der Waals surface area contributed by atoms with E-state index in [2.05, 4.69) is 35.2 Å². The van der Waals surface area contributed by atoms with Crippen molar-refractivity contribution in [3.63, 3.8) is 0 Å². The summed E-state index contributed by atoms with van der Waals surface area (Å²) >= 11 is 0. The van der Waals surface area contributed by atoms with Crippen molar-refractivity contribution in [3.8, 4) is 6.07 Å². The Morgan fingerprint density at radius 3 is 2.62 bits per heavy atom. The van der Waals surface area contributed by atoms with Crippen LogP contribution in [0.15, 0.2) is 48.5 Å². The third kappa shape index (κ3) is 2.43. The molecule has 0 aliphatic carbocycles. The third-order valence-electron chi connectivity index (χ3n) is 5.01. The van der Waals surface area contributed by atoms with Gasteiger partial charge in [0.05, 0.1) is 11.6 Å². The van der Waals surface area contributed by atoms with Crippen molar-refractivity contribution < 1.29 is 4.79 Å². The highest BCUT2D eigenvalue weighted by Gasteiger charge is 2.38. The van der Waals surface area contributed by atoms with E-state index in [1.807, 2.05) is 17.0 Å². The molecule has 0 spiro atoms. The van der Waals surface area contributed by atoms with Crippen LogP contribution in [0.3, 0.4) is 0 Å². The van der Waals surface area contributed by atoms with Crippen molar-refractivity contribution in [2.24, 2.45) is 0 Å². The number of fused-ring (bicyclic) bond motifs is 1. The van der Waals surface area contributed by atoms with E-state index in [1.54, 1.807) is 12.1 Å². The third-order valence-corrected chi connectivity index (χ3v) is 5.01. The minimum Gasteiger partial charge on any atom is -0.359 e. The molecular formula is C20H19N3O. The van der Waals surface area contributed by atoms with Gasteiger partial charge in [-0.05, 0) is 55.2 Å². The number of aryl methyl sites for hydroxylation is 1. The number of anilines is 2. The minimum absolute atomic E-state index is 0.0814. The van der Waals surface area contributed by atoms with Crippen LogP contribution in [-0.4, -0.2) is 25.0 Å². The van der Waals surface area contributed by atoms with Crippen molar-refractivity contribution in [3.05, 3.63) is 59.7 Å². The molecular weight excluding hydrogens is 298 g/mol. The van der Waals surface area contributed by atoms with Crippen LogP contribution in [0.1, 0.15) is 24.0 Å². The van der Waals surface area contributed by atoms with Crippen molar-refractivity contribution in [2.75, 3.05) is 22.9 Å². The predicted molar refractivity (Wildman–Crippen MR) is 94.0 cm³/mol. The van der Waals surface area contributed by atoms with Crippen molar-refractivity contribution in [1.82, 2.24) is 0 Å². The summed E-state index contributed by atoms with van der Waals surface area (Å²) in [5.74, 6) is 0.163. The molecule has 2 aliphatic rings. The minimum atomic E-state index is -0.0814. The Morgan fingerprint density at radius 2 is 1.83 bits per heavy atom. The van der Waals surface area contributed by atoms with Gasteiger partial charge in [-0.3, -0.25) is 4.79 Å². The molecule has 0 saturated carbocycles. The first-order valence-electron chi connectivity index (χ1n) is 8.44. The standard InChI is InChI=1S/C20H19N3O/c21-14-15-7-9-17(10-8-15)22-13-11-19(20(22)24)23-12-3-5-16-4-1-2-6-18(16)23/h1-2,4,6-10,19H,3,5,11-13H2/t19-/m0/s1. The second-order valence-electron chi connectivity index (χ2n) is 6.38. The SMILES string of the molecule is N#Cc1ccc(N2CC[C@H](N3CCCc4ccccc43)C2=O)cc1. The summed E-state index contributed by atoms with van der Waals surface area (Å²) in [4.78, 5) is 17.1. The van der Waals surface area contributed by atoms with Gasteiger partial charge < -0.3 is 9.80 Å². The Kier molecular flexibility index (Phi) is 3.70. The molecule has 4 nitrogen and oxygen atoms in total. The lowest BCUT2D eigenvalue weighted by Crippen LogP contribution is -2.44. The Balaban J connectivity index is 1.59. The number of hydrogen-bond donors (Lipinski definition) is 0. The number of amides is 1. The molecule has 2 heterocycles. The second-order valence-corrected chi connectivity index (χ2v) is 6.38. The number of para-hydroxylation sites is 1. The van der Waals surface area contributed by atoms with Crippen LogP contribution >= 0.6 is 0 Å². The number of benzene rings is 2. The first-order valence-corrected chi connectivity index (χ1v) is 8.44. The Hall–Kier alpha value is -2.80. The van der Waals surface area contributed by atoms with E-state index < -0.39 is 0 Å². The molecule has 1 atom stereocenters. The molecule has 4 heteroatoms. The number of carbonyl (C=O) groups is 1. The molecule has 2 aromatic rings. The highest BCUT2D eigenvalue weighted by Crippen LogP contribution is 2.33. The van der Waals surface area contributed by atoms with E-state index in [-0.39, 0.29) is 11.9 Å². The number of carbonyl (C=O) groups excluding carboxylic acids is 1. The van der Waals surface area contributed by atoms with Crippen molar-refractivity contribution in [1.29, 1.82) is 5.26 Å². The summed E-state index contributed by atoms with van der Waals surface area (Å²) in [6.45, 7) is 1.67. The van der Waals surface area contributed by atoms with Crippen LogP contribution in [0.4, 0.5) is 11.4 Å². The van der Waals surface area contributed by atoms with Crippen LogP contribution in [0, 0.1) is 11.3 Å². The van der Waals surface area contributed by atoms with E-state index >= 15 is 0 Å². The molecule has 0 unspecified atom stereocenters. The molecule has 2 aromatic carbocycles. The number of nitriles is 1. The molecule has 0 aromatic heterocycles. The lowest BCUT2D eigenvalue weighted by Gasteiger charge is -2.35. The van der Waals surface area contributed by atoms with Gasteiger partial charge in [-0.15, -0.1) is 0 Å². The topological polar surface area (TPSA) is 47.3 Å². The molecule has 120 valence electrons. The van der Waals surface area contributed by atoms with Gasteiger partial charge in [0.15, 0.2) is 0 Å². The average molecular weight is 317 g/mol. The van der Waals surface area contributed by atoms with E-state index in [0.717, 1.165) is 38.0 Å². The Bertz CT molecular complexity index is 806. The highest BCUT2D eigenvalue weighted by molar-refractivity contribution is 6.01. The zero-order valence-electron chi connectivity index (χ0n) is 13.5. The lowest BCUT2D eigenvalue weighted by atomic mass is 9.99. The maximum atomic E-state index is 13.0. The van der Waals surface area contributed by atoms with Gasteiger partial charge in [0.2, 0.25) is 5.91 Å². The zero-order chi connectivity index (χ0) is 16.5. The summed E-state index contributed by atoms with van der Waals surface area (Å²) in [7, 11) is 0. The Morgan fingerprint density at radius 1 is 1.04 bits per heavy atom. The monoisotopic (exact) mass is 317 g/mol.